The van der Waals surface area contributed by atoms with E-state index in [4.69, 9.17) is 4.42 Å². The minimum absolute atomic E-state index is 0.908. The Labute approximate surface area is 280 Å². The Balaban J connectivity index is 1.06. The fourth-order valence-electron chi connectivity index (χ4n) is 7.03. The van der Waals surface area contributed by atoms with Gasteiger partial charge in [0.25, 0.3) is 0 Å². The molecule has 0 N–H and O–H groups in total. The fraction of sp³-hybridized carbons (Fsp3) is 0.0435. The quantitative estimate of drug-likeness (QED) is 0.185. The number of nitrogens with zero attached hydrogens (tertiary/aromatic N) is 1. The molecule has 2 nitrogen and oxygen atoms in total. The maximum Gasteiger partial charge on any atom is 0.135 e. The second-order valence-corrected chi connectivity index (χ2v) is 12.5. The molecule has 1 aliphatic rings. The molecule has 0 bridgehead atoms. The monoisotopic (exact) mass is 615 g/mol. The lowest BCUT2D eigenvalue weighted by atomic mass is 9.96. The van der Waals surface area contributed by atoms with Gasteiger partial charge in [-0.1, -0.05) is 109 Å². The third-order valence-corrected chi connectivity index (χ3v) is 9.48. The van der Waals surface area contributed by atoms with Gasteiger partial charge in [-0.2, -0.15) is 0 Å². The van der Waals surface area contributed by atoms with Crippen LogP contribution in [-0.4, -0.2) is 0 Å². The molecule has 0 atom stereocenters. The highest BCUT2D eigenvalue weighted by Crippen LogP contribution is 2.38. The Bertz CT molecular complexity index is 2500. The Hall–Kier alpha value is -6.12. The maximum atomic E-state index is 6.24. The molecule has 0 saturated heterocycles. The SMILES string of the molecule is C1=CCCC(N(c2ccccc2)c2ccc3cc(-c4cccc(-c5ccc6oc7ccc(-c8ccccc8)cc7c6c5)c4)ccc3c2)=C1. The molecule has 228 valence electrons. The predicted octanol–water partition coefficient (Wildman–Crippen LogP) is 13.1. The minimum Gasteiger partial charge on any atom is -0.456 e. The van der Waals surface area contributed by atoms with Gasteiger partial charge < -0.3 is 9.32 Å². The normalized spacial score (nSPS) is 12.9. The lowest BCUT2D eigenvalue weighted by Gasteiger charge is -2.29. The highest BCUT2D eigenvalue weighted by molar-refractivity contribution is 6.07. The van der Waals surface area contributed by atoms with Crippen molar-refractivity contribution >= 4 is 44.1 Å². The van der Waals surface area contributed by atoms with E-state index in [-0.39, 0.29) is 0 Å². The van der Waals surface area contributed by atoms with Gasteiger partial charge in [0.2, 0.25) is 0 Å². The van der Waals surface area contributed by atoms with Crippen molar-refractivity contribution in [2.45, 2.75) is 12.8 Å². The van der Waals surface area contributed by atoms with Crippen LogP contribution in [0.4, 0.5) is 11.4 Å². The standard InChI is InChI=1S/C46H33NO/c1-4-11-32(12-5-1)38-22-25-45-43(30-38)44-31-39(23-26-46(44)48-45)34-14-10-13-33(27-34)35-19-20-37-29-42(24-21-36(37)28-35)47(40-15-6-2-7-16-40)41-17-8-3-9-18-41/h1-8,10-17,19-31H,9,18H2. The summed E-state index contributed by atoms with van der Waals surface area (Å²) in [5.41, 5.74) is 12.7. The number of allylic oxidation sites excluding steroid dienone is 4. The van der Waals surface area contributed by atoms with Gasteiger partial charge in [0.05, 0.1) is 0 Å². The topological polar surface area (TPSA) is 16.4 Å². The molecule has 0 amide bonds. The highest BCUT2D eigenvalue weighted by atomic mass is 16.3. The maximum absolute atomic E-state index is 6.24. The zero-order chi connectivity index (χ0) is 31.9. The van der Waals surface area contributed by atoms with Crippen LogP contribution in [0, 0.1) is 0 Å². The number of benzene rings is 7. The van der Waals surface area contributed by atoms with E-state index in [1.54, 1.807) is 0 Å². The molecule has 0 unspecified atom stereocenters. The van der Waals surface area contributed by atoms with Crippen LogP contribution < -0.4 is 4.90 Å². The zero-order valence-corrected chi connectivity index (χ0v) is 26.5. The molecule has 48 heavy (non-hydrogen) atoms. The van der Waals surface area contributed by atoms with Crippen LogP contribution in [0.3, 0.4) is 0 Å². The third kappa shape index (κ3) is 5.18. The molecule has 0 fully saturated rings. The van der Waals surface area contributed by atoms with Gasteiger partial charge in [-0.15, -0.1) is 0 Å². The Morgan fingerprint density at radius 2 is 1.02 bits per heavy atom. The molecule has 0 aliphatic heterocycles. The largest absolute Gasteiger partial charge is 0.456 e. The first kappa shape index (κ1) is 28.1. The lowest BCUT2D eigenvalue weighted by Crippen LogP contribution is -2.17. The van der Waals surface area contributed by atoms with E-state index in [1.807, 2.05) is 0 Å². The van der Waals surface area contributed by atoms with E-state index in [9.17, 15) is 0 Å². The van der Waals surface area contributed by atoms with Crippen LogP contribution in [0.1, 0.15) is 12.8 Å². The Kier molecular flexibility index (Phi) is 6.98. The van der Waals surface area contributed by atoms with Gasteiger partial charge in [-0.25, -0.2) is 0 Å². The van der Waals surface area contributed by atoms with E-state index in [0.717, 1.165) is 34.8 Å². The summed E-state index contributed by atoms with van der Waals surface area (Å²) in [6.45, 7) is 0. The van der Waals surface area contributed by atoms with Gasteiger partial charge in [0, 0.05) is 27.8 Å². The Morgan fingerprint density at radius 1 is 0.438 bits per heavy atom. The average molecular weight is 616 g/mol. The van der Waals surface area contributed by atoms with Crippen molar-refractivity contribution in [2.75, 3.05) is 4.90 Å². The van der Waals surface area contributed by atoms with Gasteiger partial charge in [-0.3, -0.25) is 0 Å². The number of para-hydroxylation sites is 1. The molecule has 0 radical (unpaired) electrons. The van der Waals surface area contributed by atoms with Gasteiger partial charge in [0.15, 0.2) is 0 Å². The summed E-state index contributed by atoms with van der Waals surface area (Å²) in [5, 5.41) is 4.73. The molecule has 7 aromatic carbocycles. The van der Waals surface area contributed by atoms with Gasteiger partial charge in [-0.05, 0) is 124 Å². The molecular weight excluding hydrogens is 583 g/mol. The van der Waals surface area contributed by atoms with Gasteiger partial charge >= 0.3 is 0 Å². The summed E-state index contributed by atoms with van der Waals surface area (Å²) in [5.74, 6) is 0. The summed E-state index contributed by atoms with van der Waals surface area (Å²) >= 11 is 0. The van der Waals surface area contributed by atoms with Crippen LogP contribution in [0.2, 0.25) is 0 Å². The van der Waals surface area contributed by atoms with E-state index in [2.05, 4.69) is 181 Å². The molecule has 1 heterocycles. The van der Waals surface area contributed by atoms with E-state index in [0.29, 0.717) is 0 Å². The Morgan fingerprint density at radius 3 is 1.73 bits per heavy atom. The second-order valence-electron chi connectivity index (χ2n) is 12.5. The van der Waals surface area contributed by atoms with Crippen molar-refractivity contribution in [3.63, 3.8) is 0 Å². The van der Waals surface area contributed by atoms with Gasteiger partial charge in [0.1, 0.15) is 11.2 Å². The lowest BCUT2D eigenvalue weighted by molar-refractivity contribution is 0.669. The number of anilines is 2. The van der Waals surface area contributed by atoms with Crippen molar-refractivity contribution < 1.29 is 4.42 Å². The predicted molar refractivity (Wildman–Crippen MR) is 203 cm³/mol. The minimum atomic E-state index is 0.908. The number of rotatable bonds is 6. The number of furan rings is 1. The van der Waals surface area contributed by atoms with Crippen LogP contribution in [0.5, 0.6) is 0 Å². The smallest absolute Gasteiger partial charge is 0.135 e. The first-order valence-electron chi connectivity index (χ1n) is 16.6. The molecule has 1 aliphatic carbocycles. The van der Waals surface area contributed by atoms with Crippen molar-refractivity contribution in [1.82, 2.24) is 0 Å². The molecule has 9 rings (SSSR count). The number of hydrogen-bond donors (Lipinski definition) is 0. The molecule has 0 spiro atoms. The highest BCUT2D eigenvalue weighted by Gasteiger charge is 2.16. The van der Waals surface area contributed by atoms with Crippen molar-refractivity contribution in [3.8, 4) is 33.4 Å². The summed E-state index contributed by atoms with van der Waals surface area (Å²) in [4.78, 5) is 2.39. The first-order valence-corrected chi connectivity index (χ1v) is 16.6. The van der Waals surface area contributed by atoms with E-state index < -0.39 is 0 Å². The van der Waals surface area contributed by atoms with Crippen molar-refractivity contribution in [2.24, 2.45) is 0 Å². The second kappa shape index (κ2) is 11.9. The van der Waals surface area contributed by atoms with Crippen molar-refractivity contribution in [3.05, 3.63) is 182 Å². The molecule has 2 heteroatoms. The van der Waals surface area contributed by atoms with E-state index in [1.165, 1.54) is 61.2 Å². The molecular formula is C46H33NO. The molecule has 0 saturated carbocycles. The first-order chi connectivity index (χ1) is 23.8. The van der Waals surface area contributed by atoms with Crippen LogP contribution in [-0.2, 0) is 0 Å². The summed E-state index contributed by atoms with van der Waals surface area (Å²) in [6.07, 6.45) is 8.74. The summed E-state index contributed by atoms with van der Waals surface area (Å²) < 4.78 is 6.24. The number of fused-ring (bicyclic) bond motifs is 4. The average Bonchev–Trinajstić information content (AvgIpc) is 3.53. The van der Waals surface area contributed by atoms with Crippen LogP contribution in [0.25, 0.3) is 66.1 Å². The third-order valence-electron chi connectivity index (χ3n) is 9.48. The van der Waals surface area contributed by atoms with Crippen molar-refractivity contribution in [1.29, 1.82) is 0 Å². The van der Waals surface area contributed by atoms with Crippen LogP contribution >= 0.6 is 0 Å². The summed E-state index contributed by atoms with van der Waals surface area (Å²) in [6, 6.07) is 56.7. The van der Waals surface area contributed by atoms with Crippen LogP contribution in [0.15, 0.2) is 186 Å². The van der Waals surface area contributed by atoms with E-state index >= 15 is 0 Å². The molecule has 1 aromatic heterocycles. The fourth-order valence-corrected chi connectivity index (χ4v) is 7.03. The molecule has 8 aromatic rings. The summed E-state index contributed by atoms with van der Waals surface area (Å²) in [7, 11) is 0. The number of hydrogen-bond acceptors (Lipinski definition) is 2. The zero-order valence-electron chi connectivity index (χ0n) is 26.5.